The third-order valence-corrected chi connectivity index (χ3v) is 3.26. The minimum atomic E-state index is 0.427. The van der Waals surface area contributed by atoms with Gasteiger partial charge in [0, 0.05) is 19.2 Å². The Morgan fingerprint density at radius 2 is 1.81 bits per heavy atom. The lowest BCUT2D eigenvalue weighted by Gasteiger charge is -2.16. The molecular formula is C17H29N3O. The molecule has 1 rings (SSSR count). The summed E-state index contributed by atoms with van der Waals surface area (Å²) in [6.45, 7) is 11.4. The van der Waals surface area contributed by atoms with Crippen LogP contribution in [0.2, 0.25) is 0 Å². The molecule has 0 heterocycles. The minimum absolute atomic E-state index is 0.427. The van der Waals surface area contributed by atoms with Crippen molar-refractivity contribution >= 4 is 5.96 Å². The maximum Gasteiger partial charge on any atom is 0.191 e. The van der Waals surface area contributed by atoms with Crippen LogP contribution >= 0.6 is 0 Å². The molecule has 0 bridgehead atoms. The fourth-order valence-electron chi connectivity index (χ4n) is 1.79. The summed E-state index contributed by atoms with van der Waals surface area (Å²) in [6.07, 6.45) is 1.08. The molecule has 0 aliphatic heterocycles. The van der Waals surface area contributed by atoms with E-state index in [4.69, 9.17) is 4.74 Å². The van der Waals surface area contributed by atoms with Crippen molar-refractivity contribution in [2.24, 2.45) is 4.99 Å². The van der Waals surface area contributed by atoms with E-state index in [1.807, 2.05) is 6.92 Å². The van der Waals surface area contributed by atoms with Gasteiger partial charge in [-0.2, -0.15) is 0 Å². The largest absolute Gasteiger partial charge is 0.377 e. The minimum Gasteiger partial charge on any atom is -0.377 e. The van der Waals surface area contributed by atoms with Crippen molar-refractivity contribution in [1.29, 1.82) is 0 Å². The summed E-state index contributed by atoms with van der Waals surface area (Å²) >= 11 is 0. The summed E-state index contributed by atoms with van der Waals surface area (Å²) in [4.78, 5) is 4.63. The lowest BCUT2D eigenvalue weighted by atomic mass is 10.1. The van der Waals surface area contributed by atoms with Crippen LogP contribution in [-0.2, 0) is 17.9 Å². The van der Waals surface area contributed by atoms with Crippen molar-refractivity contribution in [2.45, 2.75) is 53.3 Å². The quantitative estimate of drug-likeness (QED) is 0.571. The first-order valence-electron chi connectivity index (χ1n) is 7.89. The Balaban J connectivity index is 2.58. The van der Waals surface area contributed by atoms with Gasteiger partial charge in [0.1, 0.15) is 0 Å². The molecule has 0 saturated carbocycles. The van der Waals surface area contributed by atoms with Gasteiger partial charge in [-0.1, -0.05) is 31.2 Å². The topological polar surface area (TPSA) is 45.7 Å². The van der Waals surface area contributed by atoms with Gasteiger partial charge in [-0.15, -0.1) is 0 Å². The number of hydrogen-bond acceptors (Lipinski definition) is 2. The fraction of sp³-hybridized carbons (Fsp3) is 0.588. The summed E-state index contributed by atoms with van der Waals surface area (Å²) in [5.41, 5.74) is 2.41. The highest BCUT2D eigenvalue weighted by atomic mass is 16.5. The van der Waals surface area contributed by atoms with E-state index in [0.717, 1.165) is 25.5 Å². The molecule has 0 amide bonds. The van der Waals surface area contributed by atoms with Crippen molar-refractivity contribution < 1.29 is 4.74 Å². The van der Waals surface area contributed by atoms with Gasteiger partial charge >= 0.3 is 0 Å². The van der Waals surface area contributed by atoms with Crippen LogP contribution in [0.1, 0.15) is 45.2 Å². The number of nitrogens with zero attached hydrogens (tertiary/aromatic N) is 1. The molecule has 118 valence electrons. The van der Waals surface area contributed by atoms with Crippen LogP contribution in [0.3, 0.4) is 0 Å². The standard InChI is InChI=1S/C17H29N3O/c1-5-14(4)20-17(18-6-2)19-12-15-8-10-16(11-9-15)13-21-7-3/h8-11,14H,5-7,12-13H2,1-4H3,(H2,18,19,20). The number of guanidine groups is 1. The molecule has 1 aromatic carbocycles. The van der Waals surface area contributed by atoms with Crippen LogP contribution in [0.15, 0.2) is 29.3 Å². The molecule has 0 aliphatic carbocycles. The highest BCUT2D eigenvalue weighted by Crippen LogP contribution is 2.07. The Morgan fingerprint density at radius 3 is 2.38 bits per heavy atom. The molecule has 2 N–H and O–H groups in total. The summed E-state index contributed by atoms with van der Waals surface area (Å²) in [5, 5.41) is 6.67. The zero-order valence-electron chi connectivity index (χ0n) is 13.8. The van der Waals surface area contributed by atoms with Gasteiger partial charge in [-0.05, 0) is 38.3 Å². The van der Waals surface area contributed by atoms with Crippen molar-refractivity contribution in [3.63, 3.8) is 0 Å². The zero-order chi connectivity index (χ0) is 15.5. The molecule has 1 aromatic rings. The number of aliphatic imine (C=N–C) groups is 1. The van der Waals surface area contributed by atoms with E-state index in [9.17, 15) is 0 Å². The number of rotatable bonds is 8. The van der Waals surface area contributed by atoms with Crippen LogP contribution in [0.25, 0.3) is 0 Å². The van der Waals surface area contributed by atoms with Gasteiger partial charge < -0.3 is 15.4 Å². The van der Waals surface area contributed by atoms with E-state index >= 15 is 0 Å². The Kier molecular flexibility index (Phi) is 8.51. The maximum atomic E-state index is 5.40. The lowest BCUT2D eigenvalue weighted by Crippen LogP contribution is -2.41. The molecule has 4 nitrogen and oxygen atoms in total. The third kappa shape index (κ3) is 7.14. The maximum absolute atomic E-state index is 5.40. The first kappa shape index (κ1) is 17.5. The molecule has 0 aromatic heterocycles. The molecule has 1 atom stereocenters. The average Bonchev–Trinajstić information content (AvgIpc) is 2.51. The highest BCUT2D eigenvalue weighted by molar-refractivity contribution is 5.80. The van der Waals surface area contributed by atoms with Gasteiger partial charge in [0.15, 0.2) is 5.96 Å². The molecule has 1 unspecified atom stereocenters. The Hall–Kier alpha value is -1.55. The summed E-state index contributed by atoms with van der Waals surface area (Å²) in [6, 6.07) is 8.87. The Bertz CT molecular complexity index is 415. The highest BCUT2D eigenvalue weighted by Gasteiger charge is 2.02. The van der Waals surface area contributed by atoms with E-state index in [-0.39, 0.29) is 0 Å². The zero-order valence-corrected chi connectivity index (χ0v) is 13.8. The lowest BCUT2D eigenvalue weighted by molar-refractivity contribution is 0.134. The predicted octanol–water partition coefficient (Wildman–Crippen LogP) is 3.08. The van der Waals surface area contributed by atoms with Crippen LogP contribution < -0.4 is 10.6 Å². The second-order valence-electron chi connectivity index (χ2n) is 5.10. The molecule has 0 saturated heterocycles. The summed E-state index contributed by atoms with van der Waals surface area (Å²) in [5.74, 6) is 0.880. The third-order valence-electron chi connectivity index (χ3n) is 3.26. The first-order valence-corrected chi connectivity index (χ1v) is 7.89. The number of nitrogens with one attached hydrogen (secondary N) is 2. The van der Waals surface area contributed by atoms with E-state index in [1.165, 1.54) is 11.1 Å². The summed E-state index contributed by atoms with van der Waals surface area (Å²) < 4.78 is 5.40. The van der Waals surface area contributed by atoms with E-state index in [1.54, 1.807) is 0 Å². The van der Waals surface area contributed by atoms with Gasteiger partial charge in [-0.3, -0.25) is 0 Å². The molecule has 0 fully saturated rings. The van der Waals surface area contributed by atoms with E-state index in [0.29, 0.717) is 19.2 Å². The van der Waals surface area contributed by atoms with Crippen LogP contribution in [0, 0.1) is 0 Å². The van der Waals surface area contributed by atoms with Gasteiger partial charge in [-0.25, -0.2) is 4.99 Å². The van der Waals surface area contributed by atoms with Crippen LogP contribution in [0.4, 0.5) is 0 Å². The summed E-state index contributed by atoms with van der Waals surface area (Å²) in [7, 11) is 0. The van der Waals surface area contributed by atoms with Crippen molar-refractivity contribution in [3.05, 3.63) is 35.4 Å². The predicted molar refractivity (Wildman–Crippen MR) is 89.5 cm³/mol. The second-order valence-corrected chi connectivity index (χ2v) is 5.10. The molecule has 4 heteroatoms. The number of benzene rings is 1. The monoisotopic (exact) mass is 291 g/mol. The van der Waals surface area contributed by atoms with Crippen LogP contribution in [0.5, 0.6) is 0 Å². The molecule has 21 heavy (non-hydrogen) atoms. The number of ether oxygens (including phenoxy) is 1. The average molecular weight is 291 g/mol. The van der Waals surface area contributed by atoms with Gasteiger partial charge in [0.2, 0.25) is 0 Å². The molecule has 0 radical (unpaired) electrons. The molecule has 0 aliphatic rings. The van der Waals surface area contributed by atoms with E-state index in [2.05, 4.69) is 60.7 Å². The Labute approximate surface area is 129 Å². The molecule has 0 spiro atoms. The number of hydrogen-bond donors (Lipinski definition) is 2. The fourth-order valence-corrected chi connectivity index (χ4v) is 1.79. The van der Waals surface area contributed by atoms with Crippen LogP contribution in [-0.4, -0.2) is 25.2 Å². The van der Waals surface area contributed by atoms with Crippen molar-refractivity contribution in [3.8, 4) is 0 Å². The Morgan fingerprint density at radius 1 is 1.14 bits per heavy atom. The first-order chi connectivity index (χ1) is 10.2. The SMILES string of the molecule is CCNC(=NCc1ccc(COCC)cc1)NC(C)CC. The van der Waals surface area contributed by atoms with E-state index < -0.39 is 0 Å². The van der Waals surface area contributed by atoms with Gasteiger partial charge in [0.25, 0.3) is 0 Å². The smallest absolute Gasteiger partial charge is 0.191 e. The van der Waals surface area contributed by atoms with Crippen molar-refractivity contribution in [2.75, 3.05) is 13.2 Å². The second kappa shape index (κ2) is 10.2. The molecular weight excluding hydrogens is 262 g/mol. The van der Waals surface area contributed by atoms with Gasteiger partial charge in [0.05, 0.1) is 13.2 Å². The van der Waals surface area contributed by atoms with Crippen molar-refractivity contribution in [1.82, 2.24) is 10.6 Å². The normalized spacial score (nSPS) is 13.0.